The molecule has 3 aromatic carbocycles. The number of aliphatic hydroxyl groups excluding tert-OH is 2. The normalized spacial score (nSPS) is 14.1. The molecule has 0 amide bonds. The van der Waals surface area contributed by atoms with E-state index in [1.54, 1.807) is 45.0 Å². The van der Waals surface area contributed by atoms with Crippen LogP contribution < -0.4 is 14.2 Å². The Hall–Kier alpha value is -3.82. The molecule has 0 spiro atoms. The number of benzene rings is 3. The smallest absolute Gasteiger partial charge is 0.344 e. The van der Waals surface area contributed by atoms with E-state index in [1.165, 1.54) is 0 Å². The maximum absolute atomic E-state index is 13.0. The first-order chi connectivity index (χ1) is 17.2. The molecule has 2 N–H and O–H groups in total. The highest BCUT2D eigenvalue weighted by Crippen LogP contribution is 2.47. The molecule has 3 aromatic rings. The molecule has 36 heavy (non-hydrogen) atoms. The molecule has 9 nitrogen and oxygen atoms in total. The van der Waals surface area contributed by atoms with Crippen molar-refractivity contribution in [2.45, 2.75) is 46.2 Å². The number of ether oxygens (including phenoxy) is 5. The Morgan fingerprint density at radius 3 is 2.33 bits per heavy atom. The van der Waals surface area contributed by atoms with Gasteiger partial charge in [-0.15, -0.1) is 0 Å². The van der Waals surface area contributed by atoms with Gasteiger partial charge < -0.3 is 33.9 Å². The summed E-state index contributed by atoms with van der Waals surface area (Å²) in [6.45, 7) is 4.32. The minimum atomic E-state index is -0.688. The Balaban J connectivity index is 1.74. The van der Waals surface area contributed by atoms with Crippen molar-refractivity contribution in [3.8, 4) is 28.4 Å². The summed E-state index contributed by atoms with van der Waals surface area (Å²) in [5, 5.41) is 21.1. The Bertz CT molecular complexity index is 1380. The molecule has 0 unspecified atom stereocenters. The predicted octanol–water partition coefficient (Wildman–Crippen LogP) is 3.61. The number of aliphatic hydroxyl groups is 2. The molecule has 0 atom stereocenters. The lowest BCUT2D eigenvalue weighted by molar-refractivity contribution is -0.157. The largest absolute Gasteiger partial charge is 0.481 e. The van der Waals surface area contributed by atoms with Crippen molar-refractivity contribution in [1.29, 1.82) is 0 Å². The monoisotopic (exact) mass is 494 g/mol. The van der Waals surface area contributed by atoms with Crippen LogP contribution in [0.2, 0.25) is 0 Å². The number of cyclic esters (lactones) is 1. The molecule has 0 bridgehead atoms. The maximum atomic E-state index is 13.0. The number of carbonyl (C=O) groups excluding carboxylic acids is 2. The first kappa shape index (κ1) is 23.9. The van der Waals surface area contributed by atoms with Crippen LogP contribution >= 0.6 is 0 Å². The Morgan fingerprint density at radius 2 is 1.64 bits per heavy atom. The van der Waals surface area contributed by atoms with E-state index in [0.717, 1.165) is 0 Å². The van der Waals surface area contributed by atoms with Crippen LogP contribution in [0.3, 0.4) is 0 Å². The molecular formula is C27H26O9. The van der Waals surface area contributed by atoms with E-state index >= 15 is 0 Å². The van der Waals surface area contributed by atoms with E-state index in [-0.39, 0.29) is 33.2 Å². The minimum absolute atomic E-state index is 0.0402. The lowest BCUT2D eigenvalue weighted by Crippen LogP contribution is -2.27. The summed E-state index contributed by atoms with van der Waals surface area (Å²) < 4.78 is 27.7. The Kier molecular flexibility index (Phi) is 5.97. The van der Waals surface area contributed by atoms with Gasteiger partial charge in [-0.2, -0.15) is 0 Å². The third-order valence-electron chi connectivity index (χ3n) is 5.99. The Labute approximate surface area is 207 Å². The second kappa shape index (κ2) is 9.00. The van der Waals surface area contributed by atoms with Crippen LogP contribution in [0, 0.1) is 0 Å². The molecular weight excluding hydrogens is 468 g/mol. The highest BCUT2D eigenvalue weighted by atomic mass is 16.7. The van der Waals surface area contributed by atoms with Crippen LogP contribution in [-0.2, 0) is 34.1 Å². The SMILES string of the molecule is CC(C)(C)OC(=O)COc1c2c(c(-c3ccc4c(c3)OCO4)c3cc(CO)c(CO)cc13)C(=O)OC2. The van der Waals surface area contributed by atoms with E-state index in [0.29, 0.717) is 61.4 Å². The van der Waals surface area contributed by atoms with Crippen LogP contribution in [-0.4, -0.2) is 41.2 Å². The molecule has 2 aliphatic heterocycles. The Morgan fingerprint density at radius 1 is 0.944 bits per heavy atom. The van der Waals surface area contributed by atoms with Crippen molar-refractivity contribution in [3.63, 3.8) is 0 Å². The number of fused-ring (bicyclic) bond motifs is 3. The first-order valence-corrected chi connectivity index (χ1v) is 11.5. The van der Waals surface area contributed by atoms with E-state index in [4.69, 9.17) is 23.7 Å². The zero-order valence-electron chi connectivity index (χ0n) is 20.2. The van der Waals surface area contributed by atoms with Gasteiger partial charge in [-0.25, -0.2) is 9.59 Å². The van der Waals surface area contributed by atoms with Gasteiger partial charge in [0, 0.05) is 16.5 Å². The summed E-state index contributed by atoms with van der Waals surface area (Å²) in [6.07, 6.45) is 0. The van der Waals surface area contributed by atoms with Crippen LogP contribution in [0.15, 0.2) is 30.3 Å². The minimum Gasteiger partial charge on any atom is -0.481 e. The number of hydrogen-bond donors (Lipinski definition) is 2. The lowest BCUT2D eigenvalue weighted by Gasteiger charge is -2.21. The fraction of sp³-hybridized carbons (Fsp3) is 0.333. The summed E-state index contributed by atoms with van der Waals surface area (Å²) in [5.74, 6) is 0.335. The molecule has 2 heterocycles. The van der Waals surface area contributed by atoms with Crippen molar-refractivity contribution in [2.24, 2.45) is 0 Å². The van der Waals surface area contributed by atoms with Gasteiger partial charge in [0.05, 0.1) is 18.8 Å². The van der Waals surface area contributed by atoms with Gasteiger partial charge in [0.2, 0.25) is 6.79 Å². The summed E-state index contributed by atoms with van der Waals surface area (Å²) in [4.78, 5) is 25.4. The van der Waals surface area contributed by atoms with E-state index in [1.807, 2.05) is 6.07 Å². The van der Waals surface area contributed by atoms with Crippen molar-refractivity contribution in [1.82, 2.24) is 0 Å². The van der Waals surface area contributed by atoms with Crippen molar-refractivity contribution < 1.29 is 43.5 Å². The third-order valence-corrected chi connectivity index (χ3v) is 5.99. The number of rotatable bonds is 6. The predicted molar refractivity (Wildman–Crippen MR) is 128 cm³/mol. The van der Waals surface area contributed by atoms with Gasteiger partial charge in [0.25, 0.3) is 0 Å². The zero-order chi connectivity index (χ0) is 25.6. The number of esters is 2. The van der Waals surface area contributed by atoms with Gasteiger partial charge in [-0.3, -0.25) is 0 Å². The second-order valence-corrected chi connectivity index (χ2v) is 9.56. The van der Waals surface area contributed by atoms with Gasteiger partial charge >= 0.3 is 11.9 Å². The highest BCUT2D eigenvalue weighted by molar-refractivity contribution is 6.13. The third kappa shape index (κ3) is 4.20. The van der Waals surface area contributed by atoms with Crippen LogP contribution in [0.25, 0.3) is 21.9 Å². The molecule has 188 valence electrons. The first-order valence-electron chi connectivity index (χ1n) is 11.5. The zero-order valence-corrected chi connectivity index (χ0v) is 20.2. The fourth-order valence-corrected chi connectivity index (χ4v) is 4.53. The molecule has 0 aromatic heterocycles. The maximum Gasteiger partial charge on any atom is 0.344 e. The summed E-state index contributed by atoms with van der Waals surface area (Å²) in [5.41, 5.74) is 2.35. The van der Waals surface area contributed by atoms with E-state index in [9.17, 15) is 19.8 Å². The summed E-state index contributed by atoms with van der Waals surface area (Å²) >= 11 is 0. The topological polar surface area (TPSA) is 121 Å². The highest BCUT2D eigenvalue weighted by Gasteiger charge is 2.33. The van der Waals surface area contributed by atoms with Gasteiger partial charge in [0.15, 0.2) is 18.1 Å². The van der Waals surface area contributed by atoms with Crippen LogP contribution in [0.1, 0.15) is 47.8 Å². The van der Waals surface area contributed by atoms with Crippen molar-refractivity contribution >= 4 is 22.7 Å². The van der Waals surface area contributed by atoms with Gasteiger partial charge in [0.1, 0.15) is 18.0 Å². The quantitative estimate of drug-likeness (QED) is 0.495. The van der Waals surface area contributed by atoms with E-state index in [2.05, 4.69) is 0 Å². The molecule has 0 saturated heterocycles. The van der Waals surface area contributed by atoms with Gasteiger partial charge in [-0.1, -0.05) is 6.07 Å². The van der Waals surface area contributed by atoms with Gasteiger partial charge in [-0.05, 0) is 67.1 Å². The average molecular weight is 494 g/mol. The van der Waals surface area contributed by atoms with Crippen molar-refractivity contribution in [3.05, 3.63) is 52.6 Å². The number of carbonyl (C=O) groups is 2. The molecule has 5 rings (SSSR count). The molecule has 0 saturated carbocycles. The molecule has 9 heteroatoms. The molecule has 2 aliphatic rings. The molecule has 0 aliphatic carbocycles. The molecule has 0 fully saturated rings. The number of hydrogen-bond acceptors (Lipinski definition) is 9. The van der Waals surface area contributed by atoms with E-state index < -0.39 is 17.5 Å². The van der Waals surface area contributed by atoms with Crippen LogP contribution in [0.5, 0.6) is 17.2 Å². The van der Waals surface area contributed by atoms with Crippen molar-refractivity contribution in [2.75, 3.05) is 13.4 Å². The summed E-state index contributed by atoms with van der Waals surface area (Å²) in [7, 11) is 0. The standard InChI is InChI=1S/C27H26O9/c1-27(2,3)36-22(30)12-32-25-18-7-16(10-29)15(9-28)6-17(18)23(24-19(25)11-33-26(24)31)14-4-5-20-21(8-14)35-13-34-20/h4-8,28-29H,9-13H2,1-3H3. The second-order valence-electron chi connectivity index (χ2n) is 9.56. The lowest BCUT2D eigenvalue weighted by atomic mass is 9.87. The summed E-state index contributed by atoms with van der Waals surface area (Å²) in [6, 6.07) is 8.77. The molecule has 0 radical (unpaired) electrons. The average Bonchev–Trinajstić information content (AvgIpc) is 3.46. The van der Waals surface area contributed by atoms with Crippen LogP contribution in [0.4, 0.5) is 0 Å². The fourth-order valence-electron chi connectivity index (χ4n) is 4.53.